The molecule has 0 atom stereocenters. The number of furan rings is 1. The Bertz CT molecular complexity index is 3210. The van der Waals surface area contributed by atoms with Crippen LogP contribution in [0.3, 0.4) is 0 Å². The van der Waals surface area contributed by atoms with E-state index in [-0.39, 0.29) is 28.4 Å². The average molecular weight is 630 g/mol. The van der Waals surface area contributed by atoms with Crippen molar-refractivity contribution in [2.75, 3.05) is 0 Å². The van der Waals surface area contributed by atoms with E-state index in [1.54, 1.807) is 0 Å². The van der Waals surface area contributed by atoms with E-state index in [0.717, 1.165) is 76.9 Å². The van der Waals surface area contributed by atoms with Crippen LogP contribution in [0.1, 0.15) is 9.60 Å². The molecule has 0 N–H and O–H groups in total. The molecular weight excluding hydrogens is 593 g/mol. The van der Waals surface area contributed by atoms with Crippen molar-refractivity contribution in [1.82, 2.24) is 0 Å². The second kappa shape index (κ2) is 11.1. The van der Waals surface area contributed by atoms with Gasteiger partial charge < -0.3 is 4.42 Å². The largest absolute Gasteiger partial charge is 0.456 e. The first-order valence-corrected chi connectivity index (χ1v) is 16.3. The fourth-order valence-electron chi connectivity index (χ4n) is 7.48. The molecule has 0 spiro atoms. The van der Waals surface area contributed by atoms with Crippen molar-refractivity contribution in [3.63, 3.8) is 0 Å². The van der Waals surface area contributed by atoms with Crippen molar-refractivity contribution in [2.24, 2.45) is 0 Å². The molecule has 1 nitrogen and oxygen atoms in total. The van der Waals surface area contributed by atoms with Crippen molar-refractivity contribution < 1.29 is 14.0 Å². The molecule has 1 heterocycles. The summed E-state index contributed by atoms with van der Waals surface area (Å²) in [6.07, 6.45) is 0. The minimum atomic E-state index is -0.476. The topological polar surface area (TPSA) is 13.1 Å². The van der Waals surface area contributed by atoms with Crippen LogP contribution in [0.2, 0.25) is 0 Å². The summed E-state index contributed by atoms with van der Waals surface area (Å²) in [5.74, 6) is 0. The summed E-state index contributed by atoms with van der Waals surface area (Å²) >= 11 is 0. The summed E-state index contributed by atoms with van der Waals surface area (Å²) in [6, 6.07) is 44.2. The normalized spacial score (nSPS) is 13.7. The van der Waals surface area contributed by atoms with Crippen molar-refractivity contribution in [3.8, 4) is 44.5 Å². The molecule has 0 saturated carbocycles. The van der Waals surface area contributed by atoms with Gasteiger partial charge in [0.15, 0.2) is 0 Å². The molecule has 0 amide bonds. The van der Waals surface area contributed by atoms with E-state index in [1.807, 2.05) is 78.9 Å². The second-order valence-corrected chi connectivity index (χ2v) is 12.2. The lowest BCUT2D eigenvalue weighted by Crippen LogP contribution is -1.95. The van der Waals surface area contributed by atoms with E-state index >= 15 is 0 Å². The van der Waals surface area contributed by atoms with E-state index in [0.29, 0.717) is 5.56 Å². The Labute approximate surface area is 294 Å². The van der Waals surface area contributed by atoms with Gasteiger partial charge in [-0.3, -0.25) is 0 Å². The Balaban J connectivity index is 1.39. The van der Waals surface area contributed by atoms with Crippen molar-refractivity contribution >= 4 is 54.3 Å². The quantitative estimate of drug-likeness (QED) is 0.177. The van der Waals surface area contributed by atoms with Gasteiger partial charge in [-0.25, -0.2) is 0 Å². The van der Waals surface area contributed by atoms with Crippen LogP contribution in [0, 0.1) is 0 Å². The smallest absolute Gasteiger partial charge is 0.135 e. The predicted octanol–water partition coefficient (Wildman–Crippen LogP) is 13.7. The third-order valence-corrected chi connectivity index (χ3v) is 9.58. The number of benzene rings is 9. The third-order valence-electron chi connectivity index (χ3n) is 9.58. The molecule has 10 aromatic rings. The van der Waals surface area contributed by atoms with Gasteiger partial charge in [0.25, 0.3) is 0 Å². The summed E-state index contributed by atoms with van der Waals surface area (Å²) in [7, 11) is 0. The number of hydrogen-bond acceptors (Lipinski definition) is 1. The highest BCUT2D eigenvalue weighted by Gasteiger charge is 2.23. The molecule has 228 valence electrons. The fraction of sp³-hybridized carbons (Fsp3) is 0. The zero-order valence-electron chi connectivity index (χ0n) is 33.2. The standard InChI is InChI=1S/C48H30O/c1-2-14-32(15-3-1)35-24-13-25-36(33-28-29-45-43(30-33)37-19-10-11-27-44(37)49-45)47(35)48-41-22-8-6-20-39(41)46(40-21-7-9-23-42(40)48)38-26-12-17-31-16-4-5-18-34(31)38/h1-30H/i4D,5D,12D,16D,17D,18D,26D. The highest BCUT2D eigenvalue weighted by Crippen LogP contribution is 2.50. The SMILES string of the molecule is [2H]c1c([2H])c([2H])c2c(-c3c4ccccc4c(-c4c(-c5ccccc5)cccc4-c4ccc5oc6ccccc6c5c4)c4ccccc34)c([2H])c([2H])c([2H])c2c1[2H]. The predicted molar refractivity (Wildman–Crippen MR) is 208 cm³/mol. The zero-order valence-corrected chi connectivity index (χ0v) is 26.2. The first-order valence-electron chi connectivity index (χ1n) is 19.8. The summed E-state index contributed by atoms with van der Waals surface area (Å²) in [5.41, 5.74) is 8.47. The van der Waals surface area contributed by atoms with Gasteiger partial charge >= 0.3 is 0 Å². The maximum Gasteiger partial charge on any atom is 0.135 e. The number of rotatable bonds is 4. The van der Waals surface area contributed by atoms with Crippen LogP contribution in [0.4, 0.5) is 0 Å². The molecule has 0 aliphatic rings. The van der Waals surface area contributed by atoms with Crippen LogP contribution < -0.4 is 0 Å². The average Bonchev–Trinajstić information content (AvgIpc) is 3.61. The van der Waals surface area contributed by atoms with Gasteiger partial charge in [-0.05, 0) is 95.0 Å². The van der Waals surface area contributed by atoms with Gasteiger partial charge in [-0.1, -0.05) is 164 Å². The van der Waals surface area contributed by atoms with Gasteiger partial charge in [0.05, 0.1) is 9.60 Å². The van der Waals surface area contributed by atoms with E-state index in [1.165, 1.54) is 0 Å². The van der Waals surface area contributed by atoms with Crippen LogP contribution in [0.5, 0.6) is 0 Å². The first-order chi connectivity index (χ1) is 27.2. The van der Waals surface area contributed by atoms with Gasteiger partial charge in [-0.2, -0.15) is 0 Å². The first kappa shape index (κ1) is 21.4. The van der Waals surface area contributed by atoms with Crippen LogP contribution in [-0.2, 0) is 0 Å². The van der Waals surface area contributed by atoms with Gasteiger partial charge in [0.2, 0.25) is 0 Å². The molecule has 1 aromatic heterocycles. The van der Waals surface area contributed by atoms with Gasteiger partial charge in [0, 0.05) is 10.8 Å². The lowest BCUT2D eigenvalue weighted by atomic mass is 9.80. The molecule has 0 radical (unpaired) electrons. The molecule has 49 heavy (non-hydrogen) atoms. The summed E-state index contributed by atoms with van der Waals surface area (Å²) < 4.78 is 68.2. The van der Waals surface area contributed by atoms with Crippen LogP contribution in [-0.4, -0.2) is 0 Å². The van der Waals surface area contributed by atoms with Crippen molar-refractivity contribution in [2.45, 2.75) is 0 Å². The summed E-state index contributed by atoms with van der Waals surface area (Å²) in [6.45, 7) is 0. The third kappa shape index (κ3) is 4.33. The van der Waals surface area contributed by atoms with E-state index in [9.17, 15) is 1.37 Å². The minimum absolute atomic E-state index is 0.0658. The van der Waals surface area contributed by atoms with E-state index in [4.69, 9.17) is 12.6 Å². The lowest BCUT2D eigenvalue weighted by Gasteiger charge is -2.22. The number of fused-ring (bicyclic) bond motifs is 6. The number of hydrogen-bond donors (Lipinski definition) is 0. The molecule has 10 rings (SSSR count). The van der Waals surface area contributed by atoms with E-state index in [2.05, 4.69) is 60.7 Å². The highest BCUT2D eigenvalue weighted by atomic mass is 16.3. The van der Waals surface area contributed by atoms with Gasteiger partial charge in [0.1, 0.15) is 11.2 Å². The Morgan fingerprint density at radius 2 is 0.939 bits per heavy atom. The zero-order chi connectivity index (χ0) is 38.4. The number of para-hydroxylation sites is 1. The molecule has 0 bridgehead atoms. The maximum atomic E-state index is 9.35. The Kier molecular flexibility index (Phi) is 4.85. The summed E-state index contributed by atoms with van der Waals surface area (Å²) in [5, 5.41) is 5.30. The monoisotopic (exact) mass is 629 g/mol. The molecule has 9 aromatic carbocycles. The Morgan fingerprint density at radius 1 is 0.347 bits per heavy atom. The van der Waals surface area contributed by atoms with Crippen LogP contribution in [0.25, 0.3) is 98.8 Å². The minimum Gasteiger partial charge on any atom is -0.456 e. The Morgan fingerprint density at radius 3 is 1.69 bits per heavy atom. The maximum absolute atomic E-state index is 9.35. The Hall–Kier alpha value is -6.44. The molecule has 0 unspecified atom stereocenters. The highest BCUT2D eigenvalue weighted by molar-refractivity contribution is 6.25. The van der Waals surface area contributed by atoms with Crippen molar-refractivity contribution in [3.05, 3.63) is 182 Å². The van der Waals surface area contributed by atoms with Crippen LogP contribution >= 0.6 is 0 Å². The molecule has 1 heteroatoms. The van der Waals surface area contributed by atoms with Gasteiger partial charge in [-0.15, -0.1) is 0 Å². The van der Waals surface area contributed by atoms with Crippen molar-refractivity contribution in [1.29, 1.82) is 0 Å². The fourth-order valence-corrected chi connectivity index (χ4v) is 7.48. The molecule has 0 fully saturated rings. The van der Waals surface area contributed by atoms with Crippen LogP contribution in [0.15, 0.2) is 186 Å². The molecular formula is C48H30O. The molecule has 0 aliphatic carbocycles. The van der Waals surface area contributed by atoms with E-state index < -0.39 is 30.2 Å². The molecule has 0 saturated heterocycles. The summed E-state index contributed by atoms with van der Waals surface area (Å²) in [4.78, 5) is 0. The molecule has 0 aliphatic heterocycles. The second-order valence-electron chi connectivity index (χ2n) is 12.2. The lowest BCUT2D eigenvalue weighted by molar-refractivity contribution is 0.669.